The lowest BCUT2D eigenvalue weighted by molar-refractivity contribution is -0.00151. The lowest BCUT2D eigenvalue weighted by Crippen LogP contribution is -2.56. The molecule has 1 aromatic heterocycles. The summed E-state index contributed by atoms with van der Waals surface area (Å²) in [5.74, 6) is 0.697. The maximum atomic E-state index is 12.5. The number of hydrogen-bond donors (Lipinski definition) is 0. The number of ether oxygens (including phenoxy) is 2. The molecule has 2 aliphatic rings. The largest absolute Gasteiger partial charge is 0.490 e. The van der Waals surface area contributed by atoms with E-state index in [0.717, 1.165) is 27.5 Å². The molecular formula is C19H24BrClN4O3. The Labute approximate surface area is 177 Å². The van der Waals surface area contributed by atoms with Crippen LogP contribution in [0.25, 0.3) is 10.9 Å². The Morgan fingerprint density at radius 1 is 1.39 bits per heavy atom. The van der Waals surface area contributed by atoms with Gasteiger partial charge in [-0.1, -0.05) is 11.6 Å². The topological polar surface area (TPSA) is 59.8 Å². The van der Waals surface area contributed by atoms with Gasteiger partial charge in [0.25, 0.3) is 0 Å². The number of hydrogen-bond acceptors (Lipinski definition) is 5. The van der Waals surface area contributed by atoms with E-state index in [2.05, 4.69) is 25.9 Å². The van der Waals surface area contributed by atoms with Crippen molar-refractivity contribution in [3.05, 3.63) is 21.3 Å². The standard InChI is InChI=1S/C19H24BrClN4O3/c1-19(2,3)28-18(26)25-6-5-24-9-13-16-12(7-22-23(16)4)14(20)15(21)17(13)27-10-11(24)8-25/h7,11H,5-6,8-10H2,1-4H3. The Bertz CT molecular complexity index is 940. The Morgan fingerprint density at radius 2 is 2.14 bits per heavy atom. The summed E-state index contributed by atoms with van der Waals surface area (Å²) in [6.45, 7) is 8.74. The molecule has 3 heterocycles. The number of fused-ring (bicyclic) bond motifs is 4. The van der Waals surface area contributed by atoms with E-state index in [1.165, 1.54) is 0 Å². The molecule has 7 nitrogen and oxygen atoms in total. The number of benzene rings is 1. The van der Waals surface area contributed by atoms with E-state index in [4.69, 9.17) is 21.1 Å². The van der Waals surface area contributed by atoms with Gasteiger partial charge in [-0.2, -0.15) is 5.10 Å². The average Bonchev–Trinajstić information content (AvgIpc) is 2.89. The quantitative estimate of drug-likeness (QED) is 0.585. The van der Waals surface area contributed by atoms with Gasteiger partial charge in [0.05, 0.1) is 27.3 Å². The second-order valence-electron chi connectivity index (χ2n) is 8.33. The van der Waals surface area contributed by atoms with Crippen molar-refractivity contribution in [2.45, 2.75) is 39.0 Å². The minimum atomic E-state index is -0.505. The molecule has 28 heavy (non-hydrogen) atoms. The third-order valence-corrected chi connectivity index (χ3v) is 6.58. The zero-order valence-electron chi connectivity index (χ0n) is 16.5. The number of aromatic nitrogens is 2. The molecule has 0 radical (unpaired) electrons. The molecule has 152 valence electrons. The van der Waals surface area contributed by atoms with E-state index in [0.29, 0.717) is 37.0 Å². The molecule has 9 heteroatoms. The SMILES string of the molecule is Cn1ncc2c(Br)c(Cl)c3c(c21)CN1CCN(C(=O)OC(C)(C)C)CC1CO3. The second kappa shape index (κ2) is 7.07. The predicted octanol–water partition coefficient (Wildman–Crippen LogP) is 3.80. The number of halogens is 2. The highest BCUT2D eigenvalue weighted by atomic mass is 79.9. The summed E-state index contributed by atoms with van der Waals surface area (Å²) in [5, 5.41) is 5.94. The molecule has 0 N–H and O–H groups in total. The molecule has 0 bridgehead atoms. The van der Waals surface area contributed by atoms with E-state index in [9.17, 15) is 4.79 Å². The van der Waals surface area contributed by atoms with E-state index in [1.807, 2.05) is 38.7 Å². The van der Waals surface area contributed by atoms with Gasteiger partial charge in [0.2, 0.25) is 0 Å². The van der Waals surface area contributed by atoms with Crippen LogP contribution in [0.1, 0.15) is 26.3 Å². The molecule has 0 spiro atoms. The lowest BCUT2D eigenvalue weighted by Gasteiger charge is -2.40. The number of aryl methyl sites for hydroxylation is 1. The van der Waals surface area contributed by atoms with Crippen molar-refractivity contribution in [2.24, 2.45) is 7.05 Å². The highest BCUT2D eigenvalue weighted by molar-refractivity contribution is 9.10. The molecule has 2 aromatic rings. The van der Waals surface area contributed by atoms with Crippen molar-refractivity contribution < 1.29 is 14.3 Å². The number of piperazine rings is 1. The number of carbonyl (C=O) groups is 1. The van der Waals surface area contributed by atoms with Crippen molar-refractivity contribution >= 4 is 44.5 Å². The summed E-state index contributed by atoms with van der Waals surface area (Å²) in [4.78, 5) is 16.6. The third-order valence-electron chi connectivity index (χ3n) is 5.16. The number of carbonyl (C=O) groups excluding carboxylic acids is 1. The maximum absolute atomic E-state index is 12.5. The summed E-state index contributed by atoms with van der Waals surface area (Å²) in [7, 11) is 1.92. The van der Waals surface area contributed by atoms with Gasteiger partial charge in [-0.3, -0.25) is 9.58 Å². The zero-order valence-corrected chi connectivity index (χ0v) is 18.8. The van der Waals surface area contributed by atoms with Crippen LogP contribution >= 0.6 is 27.5 Å². The highest BCUT2D eigenvalue weighted by Gasteiger charge is 2.36. The maximum Gasteiger partial charge on any atom is 0.410 e. The average molecular weight is 472 g/mol. The van der Waals surface area contributed by atoms with Crippen LogP contribution in [0.4, 0.5) is 4.79 Å². The first kappa shape index (κ1) is 19.8. The fourth-order valence-corrected chi connectivity index (χ4v) is 4.59. The van der Waals surface area contributed by atoms with Gasteiger partial charge in [0.1, 0.15) is 18.0 Å². The summed E-state index contributed by atoms with van der Waals surface area (Å²) in [5.41, 5.74) is 1.55. The molecule has 4 rings (SSSR count). The Kier molecular flexibility index (Phi) is 5.00. The predicted molar refractivity (Wildman–Crippen MR) is 111 cm³/mol. The molecule has 0 saturated carbocycles. The van der Waals surface area contributed by atoms with Gasteiger partial charge in [0, 0.05) is 44.2 Å². The van der Waals surface area contributed by atoms with Gasteiger partial charge in [-0.15, -0.1) is 0 Å². The smallest absolute Gasteiger partial charge is 0.410 e. The van der Waals surface area contributed by atoms with Crippen molar-refractivity contribution in [3.8, 4) is 5.75 Å². The Morgan fingerprint density at radius 3 is 2.86 bits per heavy atom. The molecule has 1 amide bonds. The Balaban J connectivity index is 1.62. The molecule has 1 saturated heterocycles. The van der Waals surface area contributed by atoms with Crippen LogP contribution in [0.3, 0.4) is 0 Å². The summed E-state index contributed by atoms with van der Waals surface area (Å²) >= 11 is 10.2. The molecule has 2 aliphatic heterocycles. The van der Waals surface area contributed by atoms with Crippen molar-refractivity contribution in [3.63, 3.8) is 0 Å². The van der Waals surface area contributed by atoms with Crippen molar-refractivity contribution in [1.29, 1.82) is 0 Å². The summed E-state index contributed by atoms with van der Waals surface area (Å²) in [6.07, 6.45) is 1.54. The fraction of sp³-hybridized carbons (Fsp3) is 0.579. The third kappa shape index (κ3) is 3.46. The normalized spacial score (nSPS) is 20.4. The molecule has 1 fully saturated rings. The van der Waals surface area contributed by atoms with E-state index in [1.54, 1.807) is 4.90 Å². The van der Waals surface area contributed by atoms with Crippen LogP contribution in [-0.2, 0) is 18.3 Å². The van der Waals surface area contributed by atoms with Crippen LogP contribution in [0.15, 0.2) is 10.7 Å². The molecule has 1 aromatic carbocycles. The van der Waals surface area contributed by atoms with Crippen molar-refractivity contribution in [1.82, 2.24) is 19.6 Å². The minimum Gasteiger partial charge on any atom is -0.490 e. The van der Waals surface area contributed by atoms with Gasteiger partial charge in [-0.25, -0.2) is 4.79 Å². The van der Waals surface area contributed by atoms with E-state index < -0.39 is 5.60 Å². The highest BCUT2D eigenvalue weighted by Crippen LogP contribution is 2.44. The van der Waals surface area contributed by atoms with Gasteiger partial charge in [0.15, 0.2) is 0 Å². The minimum absolute atomic E-state index is 0.0757. The van der Waals surface area contributed by atoms with Crippen LogP contribution < -0.4 is 4.74 Å². The first-order valence-electron chi connectivity index (χ1n) is 9.32. The summed E-state index contributed by atoms with van der Waals surface area (Å²) < 4.78 is 14.4. The van der Waals surface area contributed by atoms with Crippen LogP contribution in [0.5, 0.6) is 5.75 Å². The first-order valence-corrected chi connectivity index (χ1v) is 10.5. The van der Waals surface area contributed by atoms with Crippen LogP contribution in [-0.4, -0.2) is 63.6 Å². The Hall–Kier alpha value is -1.51. The van der Waals surface area contributed by atoms with Crippen LogP contribution in [0, 0.1) is 0 Å². The molecule has 1 atom stereocenters. The fourth-order valence-electron chi connectivity index (χ4n) is 3.85. The molecular weight excluding hydrogens is 448 g/mol. The van der Waals surface area contributed by atoms with Gasteiger partial charge >= 0.3 is 6.09 Å². The first-order chi connectivity index (χ1) is 13.2. The van der Waals surface area contributed by atoms with E-state index >= 15 is 0 Å². The second-order valence-corrected chi connectivity index (χ2v) is 9.50. The number of amides is 1. The number of nitrogens with zero attached hydrogens (tertiary/aromatic N) is 4. The number of rotatable bonds is 0. The van der Waals surface area contributed by atoms with E-state index in [-0.39, 0.29) is 12.1 Å². The van der Waals surface area contributed by atoms with Gasteiger partial charge in [-0.05, 0) is 36.7 Å². The zero-order chi connectivity index (χ0) is 20.2. The van der Waals surface area contributed by atoms with Crippen molar-refractivity contribution in [2.75, 3.05) is 26.2 Å². The molecule has 1 unspecified atom stereocenters. The molecule has 0 aliphatic carbocycles. The van der Waals surface area contributed by atoms with Crippen LogP contribution in [0.2, 0.25) is 5.02 Å². The van der Waals surface area contributed by atoms with Gasteiger partial charge < -0.3 is 14.4 Å². The lowest BCUT2D eigenvalue weighted by atomic mass is 10.1. The summed E-state index contributed by atoms with van der Waals surface area (Å²) in [6, 6.07) is 0.0757. The monoisotopic (exact) mass is 470 g/mol.